The van der Waals surface area contributed by atoms with Gasteiger partial charge in [0.25, 0.3) is 0 Å². The maximum Gasteiger partial charge on any atom is 0.0357 e. The minimum Gasteiger partial charge on any atom is -0.329 e. The van der Waals surface area contributed by atoms with E-state index in [1.807, 2.05) is 0 Å². The summed E-state index contributed by atoms with van der Waals surface area (Å²) in [6.07, 6.45) is 5.40. The summed E-state index contributed by atoms with van der Waals surface area (Å²) in [5, 5.41) is 0. The summed E-state index contributed by atoms with van der Waals surface area (Å²) >= 11 is 0. The molecule has 0 bridgehead atoms. The van der Waals surface area contributed by atoms with Gasteiger partial charge in [-0.15, -0.1) is 0 Å². The second kappa shape index (κ2) is 4.66. The maximum atomic E-state index is 6.13. The lowest BCUT2D eigenvalue weighted by Gasteiger charge is -2.48. The van der Waals surface area contributed by atoms with E-state index in [9.17, 15) is 0 Å². The van der Waals surface area contributed by atoms with Gasteiger partial charge in [-0.3, -0.25) is 4.90 Å². The molecule has 2 nitrogen and oxygen atoms in total. The standard InChI is InChI=1S/C14H28N2/c1-4-14(10-15,13-5-6-13)16-8-7-11(2)12(3)9-16/h11-13H,4-10,15H2,1-3H3. The Morgan fingerprint density at radius 1 is 1.19 bits per heavy atom. The van der Waals surface area contributed by atoms with Crippen LogP contribution in [0.25, 0.3) is 0 Å². The van der Waals surface area contributed by atoms with E-state index in [1.54, 1.807) is 0 Å². The Kier molecular flexibility index (Phi) is 3.60. The van der Waals surface area contributed by atoms with Crippen molar-refractivity contribution >= 4 is 0 Å². The molecule has 0 radical (unpaired) electrons. The largest absolute Gasteiger partial charge is 0.329 e. The molecular weight excluding hydrogens is 196 g/mol. The van der Waals surface area contributed by atoms with Crippen LogP contribution in [0, 0.1) is 17.8 Å². The minimum atomic E-state index is 0.342. The number of hydrogen-bond acceptors (Lipinski definition) is 2. The molecule has 3 atom stereocenters. The van der Waals surface area contributed by atoms with Gasteiger partial charge < -0.3 is 5.73 Å². The quantitative estimate of drug-likeness (QED) is 0.795. The van der Waals surface area contributed by atoms with Gasteiger partial charge in [0.1, 0.15) is 0 Å². The first-order valence-corrected chi connectivity index (χ1v) is 7.09. The molecule has 1 aliphatic carbocycles. The Labute approximate surface area is 101 Å². The summed E-state index contributed by atoms with van der Waals surface area (Å²) in [4.78, 5) is 2.73. The monoisotopic (exact) mass is 224 g/mol. The van der Waals surface area contributed by atoms with Crippen LogP contribution >= 0.6 is 0 Å². The van der Waals surface area contributed by atoms with Crippen LogP contribution in [0.4, 0.5) is 0 Å². The molecule has 3 unspecified atom stereocenters. The van der Waals surface area contributed by atoms with Crippen LogP contribution in [0.1, 0.15) is 46.5 Å². The Hall–Kier alpha value is -0.0800. The highest BCUT2D eigenvalue weighted by Crippen LogP contribution is 2.46. The second-order valence-electron chi connectivity index (χ2n) is 6.12. The zero-order valence-electron chi connectivity index (χ0n) is 11.2. The van der Waals surface area contributed by atoms with Crippen molar-refractivity contribution in [2.75, 3.05) is 19.6 Å². The Bertz CT molecular complexity index is 231. The van der Waals surface area contributed by atoms with Gasteiger partial charge in [0.15, 0.2) is 0 Å². The molecule has 2 fully saturated rings. The number of hydrogen-bond donors (Lipinski definition) is 1. The molecule has 1 heterocycles. The zero-order chi connectivity index (χ0) is 11.8. The van der Waals surface area contributed by atoms with Gasteiger partial charge in [-0.25, -0.2) is 0 Å². The average Bonchev–Trinajstić information content (AvgIpc) is 3.10. The molecule has 0 aromatic carbocycles. The first kappa shape index (κ1) is 12.4. The summed E-state index contributed by atoms with van der Waals surface area (Å²) in [5.74, 6) is 2.62. The molecular formula is C14H28N2. The molecule has 0 aromatic rings. The van der Waals surface area contributed by atoms with Crippen LogP contribution in [-0.2, 0) is 0 Å². The molecule has 1 aliphatic heterocycles. The van der Waals surface area contributed by atoms with E-state index in [2.05, 4.69) is 25.7 Å². The van der Waals surface area contributed by atoms with E-state index in [0.717, 1.165) is 24.3 Å². The van der Waals surface area contributed by atoms with Crippen molar-refractivity contribution in [3.8, 4) is 0 Å². The smallest absolute Gasteiger partial charge is 0.0357 e. The summed E-state index contributed by atoms with van der Waals surface area (Å²) < 4.78 is 0. The van der Waals surface area contributed by atoms with Gasteiger partial charge in [0.05, 0.1) is 0 Å². The molecule has 2 N–H and O–H groups in total. The van der Waals surface area contributed by atoms with E-state index in [1.165, 1.54) is 38.8 Å². The van der Waals surface area contributed by atoms with Crippen molar-refractivity contribution in [3.63, 3.8) is 0 Å². The number of nitrogens with two attached hydrogens (primary N) is 1. The molecule has 2 rings (SSSR count). The zero-order valence-corrected chi connectivity index (χ0v) is 11.2. The van der Waals surface area contributed by atoms with E-state index in [4.69, 9.17) is 5.73 Å². The molecule has 0 spiro atoms. The number of piperidine rings is 1. The summed E-state index contributed by atoms with van der Waals surface area (Å²) in [6, 6.07) is 0. The fourth-order valence-electron chi connectivity index (χ4n) is 3.50. The van der Waals surface area contributed by atoms with E-state index in [0.29, 0.717) is 5.54 Å². The number of rotatable bonds is 4. The van der Waals surface area contributed by atoms with Gasteiger partial charge in [0.2, 0.25) is 0 Å². The third-order valence-electron chi connectivity index (χ3n) is 5.27. The summed E-state index contributed by atoms with van der Waals surface area (Å²) in [6.45, 7) is 10.5. The number of likely N-dealkylation sites (tertiary alicyclic amines) is 1. The molecule has 16 heavy (non-hydrogen) atoms. The predicted octanol–water partition coefficient (Wildman–Crippen LogP) is 2.48. The van der Waals surface area contributed by atoms with E-state index in [-0.39, 0.29) is 0 Å². The predicted molar refractivity (Wildman–Crippen MR) is 69.3 cm³/mol. The Morgan fingerprint density at radius 3 is 2.31 bits per heavy atom. The van der Waals surface area contributed by atoms with Gasteiger partial charge in [-0.1, -0.05) is 20.8 Å². The van der Waals surface area contributed by atoms with Crippen LogP contribution in [0.15, 0.2) is 0 Å². The van der Waals surface area contributed by atoms with Gasteiger partial charge in [-0.05, 0) is 50.0 Å². The maximum absolute atomic E-state index is 6.13. The van der Waals surface area contributed by atoms with E-state index >= 15 is 0 Å². The molecule has 2 heteroatoms. The van der Waals surface area contributed by atoms with E-state index < -0.39 is 0 Å². The Balaban J connectivity index is 2.08. The highest BCUT2D eigenvalue weighted by atomic mass is 15.2. The SMILES string of the molecule is CCC(CN)(C1CC1)N1CCC(C)C(C)C1. The minimum absolute atomic E-state index is 0.342. The van der Waals surface area contributed by atoms with Crippen molar-refractivity contribution < 1.29 is 0 Å². The lowest BCUT2D eigenvalue weighted by atomic mass is 9.81. The first-order valence-electron chi connectivity index (χ1n) is 7.09. The second-order valence-corrected chi connectivity index (χ2v) is 6.12. The van der Waals surface area contributed by atoms with Crippen molar-refractivity contribution in [3.05, 3.63) is 0 Å². The number of nitrogens with zero attached hydrogens (tertiary/aromatic N) is 1. The van der Waals surface area contributed by atoms with Crippen molar-refractivity contribution in [1.29, 1.82) is 0 Å². The summed E-state index contributed by atoms with van der Waals surface area (Å²) in [7, 11) is 0. The van der Waals surface area contributed by atoms with Crippen LogP contribution < -0.4 is 5.73 Å². The first-order chi connectivity index (χ1) is 7.64. The fraction of sp³-hybridized carbons (Fsp3) is 1.00. The highest BCUT2D eigenvalue weighted by Gasteiger charge is 2.48. The Morgan fingerprint density at radius 2 is 1.88 bits per heavy atom. The third kappa shape index (κ3) is 2.02. The molecule has 2 aliphatic rings. The lowest BCUT2D eigenvalue weighted by molar-refractivity contribution is 0.0135. The fourth-order valence-corrected chi connectivity index (χ4v) is 3.50. The van der Waals surface area contributed by atoms with Crippen LogP contribution in [-0.4, -0.2) is 30.1 Å². The topological polar surface area (TPSA) is 29.3 Å². The van der Waals surface area contributed by atoms with Crippen molar-refractivity contribution in [2.24, 2.45) is 23.5 Å². The average molecular weight is 224 g/mol. The molecule has 0 amide bonds. The van der Waals surface area contributed by atoms with Gasteiger partial charge in [0, 0.05) is 18.6 Å². The van der Waals surface area contributed by atoms with Gasteiger partial charge >= 0.3 is 0 Å². The van der Waals surface area contributed by atoms with Crippen LogP contribution in [0.2, 0.25) is 0 Å². The third-order valence-corrected chi connectivity index (χ3v) is 5.27. The van der Waals surface area contributed by atoms with Crippen LogP contribution in [0.3, 0.4) is 0 Å². The van der Waals surface area contributed by atoms with Gasteiger partial charge in [-0.2, -0.15) is 0 Å². The summed E-state index contributed by atoms with van der Waals surface area (Å²) in [5.41, 5.74) is 6.47. The molecule has 1 saturated carbocycles. The van der Waals surface area contributed by atoms with Crippen molar-refractivity contribution in [1.82, 2.24) is 4.90 Å². The lowest BCUT2D eigenvalue weighted by Crippen LogP contribution is -2.58. The highest BCUT2D eigenvalue weighted by molar-refractivity contribution is 5.03. The normalized spacial score (nSPS) is 36.0. The van der Waals surface area contributed by atoms with Crippen molar-refractivity contribution in [2.45, 2.75) is 52.0 Å². The molecule has 94 valence electrons. The molecule has 0 aromatic heterocycles. The molecule has 1 saturated heterocycles. The van der Waals surface area contributed by atoms with Crippen LogP contribution in [0.5, 0.6) is 0 Å².